The molecule has 3 rings (SSSR count). The van der Waals surface area contributed by atoms with Gasteiger partial charge in [0.05, 0.1) is 6.54 Å². The number of nitrogens with zero attached hydrogens (tertiary/aromatic N) is 1. The number of aryl methyl sites for hydroxylation is 1. The number of hydrogen-bond acceptors (Lipinski definition) is 3. The van der Waals surface area contributed by atoms with Crippen molar-refractivity contribution >= 4 is 29.7 Å². The summed E-state index contributed by atoms with van der Waals surface area (Å²) < 4.78 is 0. The van der Waals surface area contributed by atoms with E-state index in [1.807, 2.05) is 6.07 Å². The lowest BCUT2D eigenvalue weighted by molar-refractivity contribution is -0.137. The molecule has 26 heavy (non-hydrogen) atoms. The maximum absolute atomic E-state index is 13.2. The molecule has 0 aliphatic carbocycles. The van der Waals surface area contributed by atoms with Gasteiger partial charge in [-0.3, -0.25) is 4.79 Å². The molecule has 2 atom stereocenters. The number of piperidine rings is 1. The molecule has 1 aromatic carbocycles. The van der Waals surface area contributed by atoms with Gasteiger partial charge in [0, 0.05) is 28.3 Å². The summed E-state index contributed by atoms with van der Waals surface area (Å²) in [6.07, 6.45) is 2.82. The van der Waals surface area contributed by atoms with Crippen LogP contribution in [-0.2, 0) is 17.8 Å². The topological polar surface area (TPSA) is 32.3 Å². The number of hydrogen-bond donors (Lipinski definition) is 1. The van der Waals surface area contributed by atoms with Crippen LogP contribution in [0.4, 0.5) is 0 Å². The first-order valence-corrected chi connectivity index (χ1v) is 10.0. The quantitative estimate of drug-likeness (QED) is 0.788. The second kappa shape index (κ2) is 10.1. The van der Waals surface area contributed by atoms with Crippen molar-refractivity contribution in [3.05, 3.63) is 57.8 Å². The molecule has 2 heterocycles. The zero-order chi connectivity index (χ0) is 17.6. The van der Waals surface area contributed by atoms with Gasteiger partial charge in [-0.15, -0.1) is 23.7 Å². The van der Waals surface area contributed by atoms with Crippen molar-refractivity contribution in [2.45, 2.75) is 45.7 Å². The second-order valence-electron chi connectivity index (χ2n) is 7.08. The summed E-state index contributed by atoms with van der Waals surface area (Å²) in [6, 6.07) is 15.2. The molecule has 142 valence electrons. The van der Waals surface area contributed by atoms with Crippen LogP contribution >= 0.6 is 23.7 Å². The fraction of sp³-hybridized carbons (Fsp3) is 0.476. The summed E-state index contributed by atoms with van der Waals surface area (Å²) >= 11 is 1.80. The van der Waals surface area contributed by atoms with Crippen LogP contribution in [0.15, 0.2) is 42.5 Å². The van der Waals surface area contributed by atoms with Crippen LogP contribution in [0.1, 0.15) is 35.1 Å². The summed E-state index contributed by atoms with van der Waals surface area (Å²) in [5, 5.41) is 3.45. The van der Waals surface area contributed by atoms with Gasteiger partial charge in [-0.05, 0) is 57.4 Å². The molecule has 1 aromatic heterocycles. The van der Waals surface area contributed by atoms with Crippen molar-refractivity contribution in [1.82, 2.24) is 10.2 Å². The summed E-state index contributed by atoms with van der Waals surface area (Å²) in [7, 11) is 0. The van der Waals surface area contributed by atoms with Gasteiger partial charge < -0.3 is 10.2 Å². The van der Waals surface area contributed by atoms with E-state index in [4.69, 9.17) is 0 Å². The zero-order valence-corrected chi connectivity index (χ0v) is 17.2. The molecule has 1 fully saturated rings. The molecule has 1 N–H and O–H groups in total. The number of halogens is 1. The molecule has 0 radical (unpaired) electrons. The predicted molar refractivity (Wildman–Crippen MR) is 112 cm³/mol. The number of carbonyl (C=O) groups excluding carboxylic acids is 1. The van der Waals surface area contributed by atoms with Crippen LogP contribution in [-0.4, -0.2) is 29.9 Å². The molecule has 0 saturated carbocycles. The van der Waals surface area contributed by atoms with E-state index in [1.54, 1.807) is 11.3 Å². The van der Waals surface area contributed by atoms with Gasteiger partial charge in [0.15, 0.2) is 0 Å². The molecular weight excluding hydrogens is 364 g/mol. The molecule has 0 bridgehead atoms. The molecule has 1 amide bonds. The number of thiophene rings is 1. The van der Waals surface area contributed by atoms with E-state index in [0.29, 0.717) is 11.9 Å². The number of carbonyl (C=O) groups is 1. The van der Waals surface area contributed by atoms with Crippen LogP contribution in [0, 0.1) is 12.8 Å². The van der Waals surface area contributed by atoms with E-state index < -0.39 is 0 Å². The minimum absolute atomic E-state index is 0. The summed E-state index contributed by atoms with van der Waals surface area (Å²) in [5.41, 5.74) is 1.29. The number of rotatable bonds is 6. The van der Waals surface area contributed by atoms with Gasteiger partial charge in [-0.25, -0.2) is 0 Å². The molecular formula is C21H29ClN2OS. The second-order valence-corrected chi connectivity index (χ2v) is 8.46. The van der Waals surface area contributed by atoms with Crippen molar-refractivity contribution < 1.29 is 4.79 Å². The number of nitrogens with one attached hydrogen (secondary N) is 1. The normalized spacial score (nSPS) is 19.6. The Kier molecular flexibility index (Phi) is 8.14. The van der Waals surface area contributed by atoms with Gasteiger partial charge in [0.25, 0.3) is 0 Å². The van der Waals surface area contributed by atoms with Crippen molar-refractivity contribution in [2.24, 2.45) is 5.92 Å². The fourth-order valence-corrected chi connectivity index (χ4v) is 4.45. The number of amides is 1. The van der Waals surface area contributed by atoms with Crippen molar-refractivity contribution in [2.75, 3.05) is 13.1 Å². The maximum atomic E-state index is 13.2. The van der Waals surface area contributed by atoms with Crippen molar-refractivity contribution in [3.8, 4) is 0 Å². The highest BCUT2D eigenvalue weighted by Gasteiger charge is 2.28. The molecule has 1 saturated heterocycles. The van der Waals surface area contributed by atoms with E-state index in [-0.39, 0.29) is 18.3 Å². The molecule has 0 spiro atoms. The highest BCUT2D eigenvalue weighted by atomic mass is 35.5. The van der Waals surface area contributed by atoms with E-state index in [0.717, 1.165) is 38.9 Å². The first-order chi connectivity index (χ1) is 12.1. The Bertz CT molecular complexity index is 688. The first kappa shape index (κ1) is 20.9. The van der Waals surface area contributed by atoms with Gasteiger partial charge >= 0.3 is 0 Å². The maximum Gasteiger partial charge on any atom is 0.226 e. The van der Waals surface area contributed by atoms with Crippen molar-refractivity contribution in [3.63, 3.8) is 0 Å². The fourth-order valence-electron chi connectivity index (χ4n) is 3.55. The lowest BCUT2D eigenvalue weighted by Crippen LogP contribution is -2.44. The van der Waals surface area contributed by atoms with Crippen LogP contribution < -0.4 is 5.32 Å². The van der Waals surface area contributed by atoms with Gasteiger partial charge in [0.2, 0.25) is 5.91 Å². The number of benzene rings is 1. The Hall–Kier alpha value is -1.36. The molecule has 2 aromatic rings. The Balaban J connectivity index is 0.00000243. The summed E-state index contributed by atoms with van der Waals surface area (Å²) in [6.45, 7) is 6.78. The van der Waals surface area contributed by atoms with Crippen molar-refractivity contribution in [1.29, 1.82) is 0 Å². The van der Waals surface area contributed by atoms with E-state index >= 15 is 0 Å². The Labute approximate surface area is 167 Å². The first-order valence-electron chi connectivity index (χ1n) is 9.23. The zero-order valence-electron chi connectivity index (χ0n) is 15.6. The third-order valence-electron chi connectivity index (χ3n) is 4.94. The van der Waals surface area contributed by atoms with E-state index in [9.17, 15) is 4.79 Å². The SMILES string of the molecule is Cc1ccc(CN(CCc2ccccc2)C(=O)[C@H]2CCN[C@@H](C)C2)s1.Cl. The summed E-state index contributed by atoms with van der Waals surface area (Å²) in [5.74, 6) is 0.489. The van der Waals surface area contributed by atoms with Gasteiger partial charge in [-0.2, -0.15) is 0 Å². The highest BCUT2D eigenvalue weighted by Crippen LogP contribution is 2.23. The minimum Gasteiger partial charge on any atom is -0.337 e. The lowest BCUT2D eigenvalue weighted by Gasteiger charge is -2.32. The molecule has 5 heteroatoms. The van der Waals surface area contributed by atoms with Gasteiger partial charge in [-0.1, -0.05) is 30.3 Å². The average molecular weight is 393 g/mol. The Morgan fingerprint density at radius 3 is 2.65 bits per heavy atom. The predicted octanol–water partition coefficient (Wildman–Crippen LogP) is 4.44. The molecule has 1 aliphatic rings. The highest BCUT2D eigenvalue weighted by molar-refractivity contribution is 7.11. The Morgan fingerprint density at radius 2 is 2.00 bits per heavy atom. The van der Waals surface area contributed by atoms with Crippen LogP contribution in [0.5, 0.6) is 0 Å². The largest absolute Gasteiger partial charge is 0.337 e. The Morgan fingerprint density at radius 1 is 1.23 bits per heavy atom. The van der Waals surface area contributed by atoms with E-state index in [1.165, 1.54) is 15.3 Å². The summed E-state index contributed by atoms with van der Waals surface area (Å²) in [4.78, 5) is 17.8. The average Bonchev–Trinajstić information content (AvgIpc) is 3.04. The van der Waals surface area contributed by atoms with Crippen LogP contribution in [0.25, 0.3) is 0 Å². The minimum atomic E-state index is 0. The standard InChI is InChI=1S/C21H28N2OS.ClH/c1-16-14-19(10-12-22-16)21(24)23(15-20-9-8-17(2)25-20)13-11-18-6-4-3-5-7-18;/h3-9,16,19,22H,10-15H2,1-2H3;1H/t16-,19-;/m0./s1. The third-order valence-corrected chi connectivity index (χ3v) is 5.93. The molecule has 3 nitrogen and oxygen atoms in total. The van der Waals surface area contributed by atoms with Crippen LogP contribution in [0.3, 0.4) is 0 Å². The molecule has 0 unspecified atom stereocenters. The van der Waals surface area contributed by atoms with Gasteiger partial charge in [0.1, 0.15) is 0 Å². The monoisotopic (exact) mass is 392 g/mol. The van der Waals surface area contributed by atoms with E-state index in [2.05, 4.69) is 60.5 Å². The lowest BCUT2D eigenvalue weighted by atomic mass is 9.92. The van der Waals surface area contributed by atoms with Crippen LogP contribution in [0.2, 0.25) is 0 Å². The molecule has 1 aliphatic heterocycles. The smallest absolute Gasteiger partial charge is 0.226 e. The third kappa shape index (κ3) is 5.83.